The summed E-state index contributed by atoms with van der Waals surface area (Å²) in [7, 11) is 1.39. The van der Waals surface area contributed by atoms with Crippen LogP contribution in [-0.2, 0) is 27.3 Å². The largest absolute Gasteiger partial charge is 0.469 e. The average Bonchev–Trinajstić information content (AvgIpc) is 2.88. The lowest BCUT2D eigenvalue weighted by Gasteiger charge is -2.26. The Labute approximate surface area is 170 Å². The lowest BCUT2D eigenvalue weighted by Crippen LogP contribution is -2.42. The Morgan fingerprint density at radius 1 is 1.24 bits per heavy atom. The normalized spacial score (nSPS) is 20.2. The van der Waals surface area contributed by atoms with E-state index in [-0.39, 0.29) is 23.8 Å². The van der Waals surface area contributed by atoms with E-state index in [0.29, 0.717) is 38.1 Å². The van der Waals surface area contributed by atoms with Gasteiger partial charge in [0.2, 0.25) is 5.91 Å². The van der Waals surface area contributed by atoms with Gasteiger partial charge >= 0.3 is 11.6 Å². The van der Waals surface area contributed by atoms with Crippen LogP contribution in [0.2, 0.25) is 0 Å². The van der Waals surface area contributed by atoms with Gasteiger partial charge in [0.1, 0.15) is 5.58 Å². The van der Waals surface area contributed by atoms with Crippen molar-refractivity contribution in [3.05, 3.63) is 45.8 Å². The molecule has 1 aromatic carbocycles. The highest BCUT2D eigenvalue weighted by molar-refractivity contribution is 5.81. The summed E-state index contributed by atoms with van der Waals surface area (Å²) >= 11 is 0. The number of ether oxygens (including phenoxy) is 1. The molecular weight excluding hydrogens is 372 g/mol. The van der Waals surface area contributed by atoms with Crippen LogP contribution >= 0.6 is 0 Å². The summed E-state index contributed by atoms with van der Waals surface area (Å²) in [5.41, 5.74) is 2.18. The maximum atomic E-state index is 12.2. The molecule has 2 heterocycles. The SMILES string of the molecule is CCc1ccc2oc(=O)cc(CN3C[C@H](NC(C)=O)CC[C@H](C(=O)OC)C3)c2c1. The zero-order chi connectivity index (χ0) is 21.0. The fraction of sp³-hybridized carbons (Fsp3) is 0.500. The van der Waals surface area contributed by atoms with Crippen LogP contribution in [0.3, 0.4) is 0 Å². The van der Waals surface area contributed by atoms with E-state index in [0.717, 1.165) is 22.9 Å². The smallest absolute Gasteiger partial charge is 0.336 e. The van der Waals surface area contributed by atoms with Gasteiger partial charge in [0.05, 0.1) is 13.0 Å². The van der Waals surface area contributed by atoms with E-state index >= 15 is 0 Å². The van der Waals surface area contributed by atoms with E-state index in [4.69, 9.17) is 9.15 Å². The van der Waals surface area contributed by atoms with Gasteiger partial charge in [-0.25, -0.2) is 4.79 Å². The number of carbonyl (C=O) groups is 2. The molecule has 0 unspecified atom stereocenters. The minimum absolute atomic E-state index is 0.0558. The van der Waals surface area contributed by atoms with Gasteiger partial charge in [0.25, 0.3) is 0 Å². The molecule has 156 valence electrons. The Bertz CT molecular complexity index is 952. The van der Waals surface area contributed by atoms with Crippen LogP contribution in [0.5, 0.6) is 0 Å². The number of rotatable bonds is 5. The molecular formula is C22H28N2O5. The fourth-order valence-corrected chi connectivity index (χ4v) is 4.04. The number of aryl methyl sites for hydroxylation is 1. The number of hydrogen-bond donors (Lipinski definition) is 1. The molecule has 3 rings (SSSR count). The summed E-state index contributed by atoms with van der Waals surface area (Å²) in [4.78, 5) is 38.0. The Balaban J connectivity index is 1.93. The molecule has 1 aliphatic heterocycles. The van der Waals surface area contributed by atoms with Crippen molar-refractivity contribution in [1.29, 1.82) is 0 Å². The summed E-state index contributed by atoms with van der Waals surface area (Å²) in [6.45, 7) is 5.17. The molecule has 0 saturated carbocycles. The third kappa shape index (κ3) is 5.23. The standard InChI is InChI=1S/C22H28N2O5/c1-4-15-5-8-20-19(9-15)17(10-21(26)29-20)12-24-11-16(22(27)28-3)6-7-18(13-24)23-14(2)25/h5,8-10,16,18H,4,6-7,11-13H2,1-3H3,(H,23,25)/t16-,18+/m0/s1. The highest BCUT2D eigenvalue weighted by Crippen LogP contribution is 2.24. The minimum atomic E-state index is -0.394. The van der Waals surface area contributed by atoms with Gasteiger partial charge in [-0.2, -0.15) is 0 Å². The minimum Gasteiger partial charge on any atom is -0.469 e. The molecule has 2 aromatic rings. The summed E-state index contributed by atoms with van der Waals surface area (Å²) in [6, 6.07) is 7.31. The highest BCUT2D eigenvalue weighted by atomic mass is 16.5. The quantitative estimate of drug-likeness (QED) is 0.612. The Kier molecular flexibility index (Phi) is 6.69. The first-order chi connectivity index (χ1) is 13.9. The van der Waals surface area contributed by atoms with Crippen molar-refractivity contribution in [1.82, 2.24) is 10.2 Å². The number of esters is 1. The second kappa shape index (κ2) is 9.22. The fourth-order valence-electron chi connectivity index (χ4n) is 4.04. The van der Waals surface area contributed by atoms with Gasteiger partial charge in [-0.3, -0.25) is 14.5 Å². The van der Waals surface area contributed by atoms with Gasteiger partial charge < -0.3 is 14.5 Å². The zero-order valence-corrected chi connectivity index (χ0v) is 17.2. The molecule has 7 nitrogen and oxygen atoms in total. The van der Waals surface area contributed by atoms with E-state index in [1.165, 1.54) is 20.1 Å². The lowest BCUT2D eigenvalue weighted by atomic mass is 10.0. The van der Waals surface area contributed by atoms with Crippen LogP contribution in [-0.4, -0.2) is 43.0 Å². The molecule has 1 fully saturated rings. The first kappa shape index (κ1) is 21.0. The van der Waals surface area contributed by atoms with Crippen LogP contribution in [0.15, 0.2) is 33.5 Å². The number of carbonyl (C=O) groups excluding carboxylic acids is 2. The summed E-state index contributed by atoms with van der Waals surface area (Å²) < 4.78 is 10.3. The maximum absolute atomic E-state index is 12.2. The third-order valence-corrected chi connectivity index (χ3v) is 5.46. The molecule has 2 atom stereocenters. The Morgan fingerprint density at radius 3 is 2.72 bits per heavy atom. The van der Waals surface area contributed by atoms with Gasteiger partial charge in [0, 0.05) is 44.1 Å². The third-order valence-electron chi connectivity index (χ3n) is 5.46. The Morgan fingerprint density at radius 2 is 2.03 bits per heavy atom. The molecule has 0 aliphatic carbocycles. The van der Waals surface area contributed by atoms with Gasteiger partial charge in [-0.1, -0.05) is 13.0 Å². The number of nitrogens with one attached hydrogen (secondary N) is 1. The number of likely N-dealkylation sites (tertiary alicyclic amines) is 1. The van der Waals surface area contributed by atoms with E-state index in [1.807, 2.05) is 12.1 Å². The lowest BCUT2D eigenvalue weighted by molar-refractivity contribution is -0.146. The predicted molar refractivity (Wildman–Crippen MR) is 109 cm³/mol. The van der Waals surface area contributed by atoms with Crippen LogP contribution in [0.1, 0.15) is 37.8 Å². The van der Waals surface area contributed by atoms with Gasteiger partial charge in [-0.15, -0.1) is 0 Å². The van der Waals surface area contributed by atoms with E-state index in [2.05, 4.69) is 23.2 Å². The second-order valence-corrected chi connectivity index (χ2v) is 7.66. The topological polar surface area (TPSA) is 88.9 Å². The van der Waals surface area contributed by atoms with E-state index in [1.54, 1.807) is 0 Å². The number of nitrogens with zero attached hydrogens (tertiary/aromatic N) is 1. The van der Waals surface area contributed by atoms with Crippen molar-refractivity contribution in [3.63, 3.8) is 0 Å². The molecule has 1 saturated heterocycles. The van der Waals surface area contributed by atoms with Gasteiger partial charge in [0.15, 0.2) is 0 Å². The molecule has 1 N–H and O–H groups in total. The number of methoxy groups -OCH3 is 1. The van der Waals surface area contributed by atoms with Crippen molar-refractivity contribution < 1.29 is 18.7 Å². The number of benzene rings is 1. The maximum Gasteiger partial charge on any atom is 0.336 e. The second-order valence-electron chi connectivity index (χ2n) is 7.66. The summed E-state index contributed by atoms with van der Waals surface area (Å²) in [5.74, 6) is -0.606. The monoisotopic (exact) mass is 400 g/mol. The van der Waals surface area contributed by atoms with Crippen LogP contribution in [0, 0.1) is 5.92 Å². The molecule has 7 heteroatoms. The summed E-state index contributed by atoms with van der Waals surface area (Å²) in [6.07, 6.45) is 2.23. The molecule has 0 radical (unpaired) electrons. The molecule has 1 aromatic heterocycles. The Hall–Kier alpha value is -2.67. The van der Waals surface area contributed by atoms with E-state index in [9.17, 15) is 14.4 Å². The van der Waals surface area contributed by atoms with Crippen molar-refractivity contribution in [3.8, 4) is 0 Å². The first-order valence-corrected chi connectivity index (χ1v) is 10.0. The highest BCUT2D eigenvalue weighted by Gasteiger charge is 2.29. The van der Waals surface area contributed by atoms with E-state index < -0.39 is 5.63 Å². The number of hydrogen-bond acceptors (Lipinski definition) is 6. The number of fused-ring (bicyclic) bond motifs is 1. The van der Waals surface area contributed by atoms with Crippen molar-refractivity contribution in [2.45, 2.75) is 45.7 Å². The van der Waals surface area contributed by atoms with Crippen LogP contribution in [0.4, 0.5) is 0 Å². The van der Waals surface area contributed by atoms with Crippen molar-refractivity contribution in [2.75, 3.05) is 20.2 Å². The molecule has 0 bridgehead atoms. The molecule has 0 spiro atoms. The van der Waals surface area contributed by atoms with Crippen molar-refractivity contribution >= 4 is 22.8 Å². The predicted octanol–water partition coefficient (Wildman–Crippen LogP) is 2.25. The molecule has 29 heavy (non-hydrogen) atoms. The number of amides is 1. The zero-order valence-electron chi connectivity index (χ0n) is 17.2. The molecule has 1 amide bonds. The first-order valence-electron chi connectivity index (χ1n) is 10.0. The average molecular weight is 400 g/mol. The summed E-state index contributed by atoms with van der Waals surface area (Å²) in [5, 5.41) is 3.87. The van der Waals surface area contributed by atoms with Crippen molar-refractivity contribution in [2.24, 2.45) is 5.92 Å². The van der Waals surface area contributed by atoms with Crippen LogP contribution in [0.25, 0.3) is 11.0 Å². The van der Waals surface area contributed by atoms with Crippen LogP contribution < -0.4 is 10.9 Å². The van der Waals surface area contributed by atoms with Gasteiger partial charge in [-0.05, 0) is 42.5 Å². The molecule has 1 aliphatic rings.